The Balaban J connectivity index is 2.15. The molecular weight excluding hydrogens is 283 g/mol. The van der Waals surface area contributed by atoms with Crippen LogP contribution in [0, 0.1) is 17.5 Å². The van der Waals surface area contributed by atoms with Crippen molar-refractivity contribution in [2.45, 2.75) is 0 Å². The van der Waals surface area contributed by atoms with Crippen LogP contribution in [0.3, 0.4) is 0 Å². The maximum atomic E-state index is 13.4. The summed E-state index contributed by atoms with van der Waals surface area (Å²) in [5, 5.41) is 11.0. The Kier molecular flexibility index (Phi) is 3.05. The predicted octanol–water partition coefficient (Wildman–Crippen LogP) is 2.33. The summed E-state index contributed by atoms with van der Waals surface area (Å²) >= 11 is 0. The largest absolute Gasteiger partial charge is 0.398 e. The fourth-order valence-corrected chi connectivity index (χ4v) is 1.87. The Morgan fingerprint density at radius 1 is 0.952 bits per heavy atom. The first kappa shape index (κ1) is 13.1. The van der Waals surface area contributed by atoms with E-state index in [9.17, 15) is 13.2 Å². The lowest BCUT2D eigenvalue weighted by Gasteiger charge is -2.07. The second kappa shape index (κ2) is 4.89. The van der Waals surface area contributed by atoms with Gasteiger partial charge in [-0.3, -0.25) is 0 Å². The van der Waals surface area contributed by atoms with Gasteiger partial charge in [0.2, 0.25) is 0 Å². The number of rotatable bonds is 2. The maximum absolute atomic E-state index is 13.4. The van der Waals surface area contributed by atoms with Crippen molar-refractivity contribution in [3.63, 3.8) is 0 Å². The average Bonchev–Trinajstić information content (AvgIpc) is 2.93. The van der Waals surface area contributed by atoms with Crippen molar-refractivity contribution < 1.29 is 13.2 Å². The smallest absolute Gasteiger partial charge is 0.189 e. The highest BCUT2D eigenvalue weighted by atomic mass is 19.2. The van der Waals surface area contributed by atoms with E-state index in [1.807, 2.05) is 0 Å². The third-order valence-electron chi connectivity index (χ3n) is 2.87. The molecule has 8 heteroatoms. The van der Waals surface area contributed by atoms with E-state index in [2.05, 4.69) is 15.5 Å². The molecule has 3 rings (SSSR count). The van der Waals surface area contributed by atoms with Gasteiger partial charge in [0.1, 0.15) is 5.82 Å². The van der Waals surface area contributed by atoms with E-state index in [4.69, 9.17) is 5.73 Å². The molecule has 5 nitrogen and oxygen atoms in total. The summed E-state index contributed by atoms with van der Waals surface area (Å²) in [4.78, 5) is 0. The fourth-order valence-electron chi connectivity index (χ4n) is 1.87. The summed E-state index contributed by atoms with van der Waals surface area (Å²) in [5.41, 5.74) is 6.27. The summed E-state index contributed by atoms with van der Waals surface area (Å²) in [6, 6.07) is 7.13. The number of nitrogens with two attached hydrogens (primary N) is 1. The van der Waals surface area contributed by atoms with Gasteiger partial charge in [-0.15, -0.1) is 5.10 Å². The predicted molar refractivity (Wildman–Crippen MR) is 68.9 cm³/mol. The standard InChI is InChI=1S/C13H8F3N5/c14-7-1-3-8(4-2-7)21-13(18-19-20-21)9-5-10(15)11(16)6-12(9)17/h1-6H,17H2. The van der Waals surface area contributed by atoms with Crippen LogP contribution in [-0.2, 0) is 0 Å². The molecule has 0 aliphatic heterocycles. The minimum atomic E-state index is -1.06. The lowest BCUT2D eigenvalue weighted by molar-refractivity contribution is 0.509. The number of nitrogen functional groups attached to an aromatic ring is 1. The molecule has 2 aromatic carbocycles. The third-order valence-corrected chi connectivity index (χ3v) is 2.87. The van der Waals surface area contributed by atoms with Crippen LogP contribution in [-0.4, -0.2) is 20.2 Å². The second-order valence-electron chi connectivity index (χ2n) is 4.24. The minimum Gasteiger partial charge on any atom is -0.398 e. The SMILES string of the molecule is Nc1cc(F)c(F)cc1-c1nnnn1-c1ccc(F)cc1. The molecular formula is C13H8F3N5. The van der Waals surface area contributed by atoms with Crippen LogP contribution in [0.1, 0.15) is 0 Å². The molecule has 0 bridgehead atoms. The molecule has 106 valence electrons. The molecule has 0 aliphatic rings. The van der Waals surface area contributed by atoms with E-state index in [0.717, 1.165) is 12.1 Å². The van der Waals surface area contributed by atoms with E-state index < -0.39 is 17.5 Å². The van der Waals surface area contributed by atoms with Gasteiger partial charge < -0.3 is 5.73 Å². The van der Waals surface area contributed by atoms with Gasteiger partial charge in [-0.1, -0.05) is 0 Å². The highest BCUT2D eigenvalue weighted by Gasteiger charge is 2.16. The molecule has 0 radical (unpaired) electrons. The van der Waals surface area contributed by atoms with E-state index in [1.54, 1.807) is 0 Å². The first-order valence-electron chi connectivity index (χ1n) is 5.85. The number of hydrogen-bond donors (Lipinski definition) is 1. The number of hydrogen-bond acceptors (Lipinski definition) is 4. The van der Waals surface area contributed by atoms with E-state index >= 15 is 0 Å². The number of halogens is 3. The van der Waals surface area contributed by atoms with Crippen molar-refractivity contribution in [2.75, 3.05) is 5.73 Å². The molecule has 0 spiro atoms. The quantitative estimate of drug-likeness (QED) is 0.736. The topological polar surface area (TPSA) is 69.6 Å². The molecule has 1 aromatic heterocycles. The molecule has 1 heterocycles. The van der Waals surface area contributed by atoms with Crippen LogP contribution in [0.2, 0.25) is 0 Å². The molecule has 0 saturated carbocycles. The fraction of sp³-hybridized carbons (Fsp3) is 0. The van der Waals surface area contributed by atoms with Crippen molar-refractivity contribution in [3.8, 4) is 17.1 Å². The first-order chi connectivity index (χ1) is 10.1. The molecule has 0 unspecified atom stereocenters. The Bertz CT molecular complexity index is 798. The Morgan fingerprint density at radius 3 is 2.33 bits per heavy atom. The summed E-state index contributed by atoms with van der Waals surface area (Å²) in [6.07, 6.45) is 0. The van der Waals surface area contributed by atoms with Crippen LogP contribution >= 0.6 is 0 Å². The van der Waals surface area contributed by atoms with Crippen molar-refractivity contribution >= 4 is 5.69 Å². The average molecular weight is 291 g/mol. The number of anilines is 1. The van der Waals surface area contributed by atoms with Crippen LogP contribution < -0.4 is 5.73 Å². The lowest BCUT2D eigenvalue weighted by Crippen LogP contribution is -2.03. The zero-order valence-electron chi connectivity index (χ0n) is 10.5. The van der Waals surface area contributed by atoms with Crippen LogP contribution in [0.15, 0.2) is 36.4 Å². The molecule has 2 N–H and O–H groups in total. The number of aromatic nitrogens is 4. The lowest BCUT2D eigenvalue weighted by atomic mass is 10.1. The van der Waals surface area contributed by atoms with Gasteiger partial charge in [-0.25, -0.2) is 13.2 Å². The zero-order valence-corrected chi connectivity index (χ0v) is 10.5. The molecule has 3 aromatic rings. The molecule has 0 aliphatic carbocycles. The number of benzene rings is 2. The van der Waals surface area contributed by atoms with Crippen LogP contribution in [0.4, 0.5) is 18.9 Å². The Morgan fingerprint density at radius 2 is 1.62 bits per heavy atom. The summed E-state index contributed by atoms with van der Waals surface area (Å²) in [5.74, 6) is -2.41. The second-order valence-corrected chi connectivity index (χ2v) is 4.24. The molecule has 0 saturated heterocycles. The van der Waals surface area contributed by atoms with Crippen LogP contribution in [0.5, 0.6) is 0 Å². The van der Waals surface area contributed by atoms with Crippen molar-refractivity contribution in [2.24, 2.45) is 0 Å². The van der Waals surface area contributed by atoms with Gasteiger partial charge in [0.25, 0.3) is 0 Å². The van der Waals surface area contributed by atoms with Gasteiger partial charge in [0.15, 0.2) is 17.5 Å². The molecule has 0 amide bonds. The molecule has 0 fully saturated rings. The van der Waals surface area contributed by atoms with Gasteiger partial charge in [-0.05, 0) is 40.8 Å². The highest BCUT2D eigenvalue weighted by Crippen LogP contribution is 2.27. The Labute approximate surface area is 116 Å². The van der Waals surface area contributed by atoms with E-state index in [-0.39, 0.29) is 17.1 Å². The minimum absolute atomic E-state index is 0.00735. The van der Waals surface area contributed by atoms with Crippen molar-refractivity contribution in [3.05, 3.63) is 53.8 Å². The van der Waals surface area contributed by atoms with Gasteiger partial charge in [0.05, 0.1) is 5.69 Å². The monoisotopic (exact) mass is 291 g/mol. The molecule has 21 heavy (non-hydrogen) atoms. The van der Waals surface area contributed by atoms with Gasteiger partial charge >= 0.3 is 0 Å². The normalized spacial score (nSPS) is 10.8. The first-order valence-corrected chi connectivity index (χ1v) is 5.85. The molecule has 0 atom stereocenters. The van der Waals surface area contributed by atoms with Crippen molar-refractivity contribution in [1.29, 1.82) is 0 Å². The van der Waals surface area contributed by atoms with Crippen LogP contribution in [0.25, 0.3) is 17.1 Å². The summed E-state index contributed by atoms with van der Waals surface area (Å²) in [7, 11) is 0. The zero-order chi connectivity index (χ0) is 15.0. The summed E-state index contributed by atoms with van der Waals surface area (Å²) < 4.78 is 40.7. The van der Waals surface area contributed by atoms with Gasteiger partial charge in [0, 0.05) is 17.3 Å². The number of tetrazole rings is 1. The van der Waals surface area contributed by atoms with E-state index in [0.29, 0.717) is 5.69 Å². The third kappa shape index (κ3) is 2.31. The van der Waals surface area contributed by atoms with Crippen molar-refractivity contribution in [1.82, 2.24) is 20.2 Å². The maximum Gasteiger partial charge on any atom is 0.189 e. The van der Waals surface area contributed by atoms with E-state index in [1.165, 1.54) is 28.9 Å². The van der Waals surface area contributed by atoms with Gasteiger partial charge in [-0.2, -0.15) is 4.68 Å². The highest BCUT2D eigenvalue weighted by molar-refractivity contribution is 5.72. The number of nitrogens with zero attached hydrogens (tertiary/aromatic N) is 4. The Hall–Kier alpha value is -2.90. The summed E-state index contributed by atoms with van der Waals surface area (Å²) in [6.45, 7) is 0.